The number of rotatable bonds is 6. The summed E-state index contributed by atoms with van der Waals surface area (Å²) in [6.07, 6.45) is -6.15. The van der Waals surface area contributed by atoms with Gasteiger partial charge in [-0.3, -0.25) is 0 Å². The molecule has 0 N–H and O–H groups in total. The predicted octanol–water partition coefficient (Wildman–Crippen LogP) is 4.17. The average Bonchev–Trinajstić information content (AvgIpc) is 2.37. The van der Waals surface area contributed by atoms with E-state index in [1.165, 1.54) is 7.11 Å². The molecule has 1 atom stereocenters. The van der Waals surface area contributed by atoms with Gasteiger partial charge >= 0.3 is 6.18 Å². The molecule has 108 valence electrons. The standard InChI is InChI=1S/C14H20F3NO/c1-4-18(5-2)12-8-6-7-11(9-12)13(19-3)10-14(15,16)17/h6-9,13H,4-5,10H2,1-3H3. The number of hydrogen-bond donors (Lipinski definition) is 0. The van der Waals surface area contributed by atoms with Crippen molar-refractivity contribution in [2.45, 2.75) is 32.5 Å². The molecule has 0 aliphatic carbocycles. The van der Waals surface area contributed by atoms with E-state index in [2.05, 4.69) is 4.90 Å². The molecule has 0 radical (unpaired) electrons. The molecule has 0 aromatic heterocycles. The first-order valence-corrected chi connectivity index (χ1v) is 6.35. The van der Waals surface area contributed by atoms with E-state index in [0.29, 0.717) is 5.56 Å². The summed E-state index contributed by atoms with van der Waals surface area (Å²) in [6.45, 7) is 5.66. The van der Waals surface area contributed by atoms with Gasteiger partial charge in [0.1, 0.15) is 0 Å². The van der Waals surface area contributed by atoms with Gasteiger partial charge in [-0.1, -0.05) is 12.1 Å². The summed E-state index contributed by atoms with van der Waals surface area (Å²) in [5.41, 5.74) is 1.48. The quantitative estimate of drug-likeness (QED) is 0.772. The van der Waals surface area contributed by atoms with Crippen LogP contribution in [-0.2, 0) is 4.74 Å². The maximum Gasteiger partial charge on any atom is 0.391 e. The van der Waals surface area contributed by atoms with Crippen molar-refractivity contribution in [3.05, 3.63) is 29.8 Å². The number of alkyl halides is 3. The molecule has 1 aromatic carbocycles. The molecule has 0 spiro atoms. The molecule has 0 fully saturated rings. The van der Waals surface area contributed by atoms with E-state index in [1.807, 2.05) is 19.9 Å². The first kappa shape index (κ1) is 15.8. The third-order valence-electron chi connectivity index (χ3n) is 3.07. The van der Waals surface area contributed by atoms with E-state index in [9.17, 15) is 13.2 Å². The molecule has 1 unspecified atom stereocenters. The molecule has 0 saturated heterocycles. The van der Waals surface area contributed by atoms with Crippen molar-refractivity contribution in [2.24, 2.45) is 0 Å². The van der Waals surface area contributed by atoms with Crippen molar-refractivity contribution >= 4 is 5.69 Å². The minimum Gasteiger partial charge on any atom is -0.376 e. The zero-order valence-electron chi connectivity index (χ0n) is 11.5. The van der Waals surface area contributed by atoms with Crippen molar-refractivity contribution in [1.82, 2.24) is 0 Å². The van der Waals surface area contributed by atoms with E-state index in [4.69, 9.17) is 4.74 Å². The zero-order valence-corrected chi connectivity index (χ0v) is 11.5. The Morgan fingerprint density at radius 2 is 1.84 bits per heavy atom. The monoisotopic (exact) mass is 275 g/mol. The highest BCUT2D eigenvalue weighted by atomic mass is 19.4. The minimum atomic E-state index is -4.23. The lowest BCUT2D eigenvalue weighted by Gasteiger charge is -2.23. The minimum absolute atomic E-state index is 0.559. The SMILES string of the molecule is CCN(CC)c1cccc(C(CC(F)(F)F)OC)c1. The Morgan fingerprint density at radius 1 is 1.21 bits per heavy atom. The van der Waals surface area contributed by atoms with Crippen LogP contribution in [0.2, 0.25) is 0 Å². The first-order valence-electron chi connectivity index (χ1n) is 6.35. The van der Waals surface area contributed by atoms with Gasteiger partial charge in [0.15, 0.2) is 0 Å². The van der Waals surface area contributed by atoms with Gasteiger partial charge < -0.3 is 9.64 Å². The number of halogens is 3. The van der Waals surface area contributed by atoms with Crippen molar-refractivity contribution < 1.29 is 17.9 Å². The second-order valence-electron chi connectivity index (χ2n) is 4.31. The predicted molar refractivity (Wildman–Crippen MR) is 70.4 cm³/mol. The van der Waals surface area contributed by atoms with Gasteiger partial charge in [-0.2, -0.15) is 13.2 Å². The zero-order chi connectivity index (χ0) is 14.5. The van der Waals surface area contributed by atoms with Crippen molar-refractivity contribution in [3.63, 3.8) is 0 Å². The Labute approximate surface area is 112 Å². The van der Waals surface area contributed by atoms with E-state index in [-0.39, 0.29) is 0 Å². The normalized spacial score (nSPS) is 13.4. The van der Waals surface area contributed by atoms with Gasteiger partial charge in [0, 0.05) is 25.9 Å². The van der Waals surface area contributed by atoms with E-state index in [0.717, 1.165) is 18.8 Å². The lowest BCUT2D eigenvalue weighted by Crippen LogP contribution is -2.22. The number of anilines is 1. The molecule has 0 saturated carbocycles. The molecular formula is C14H20F3NO. The van der Waals surface area contributed by atoms with Crippen LogP contribution in [0.25, 0.3) is 0 Å². The Morgan fingerprint density at radius 3 is 2.32 bits per heavy atom. The number of benzene rings is 1. The van der Waals surface area contributed by atoms with E-state index >= 15 is 0 Å². The Hall–Kier alpha value is -1.23. The van der Waals surface area contributed by atoms with E-state index in [1.54, 1.807) is 18.2 Å². The summed E-state index contributed by atoms with van der Waals surface area (Å²) in [5.74, 6) is 0. The highest BCUT2D eigenvalue weighted by molar-refractivity contribution is 5.48. The third-order valence-corrected chi connectivity index (χ3v) is 3.07. The summed E-state index contributed by atoms with van der Waals surface area (Å²) >= 11 is 0. The van der Waals surface area contributed by atoms with Crippen LogP contribution in [0.3, 0.4) is 0 Å². The van der Waals surface area contributed by atoms with Gasteiger partial charge in [-0.15, -0.1) is 0 Å². The van der Waals surface area contributed by atoms with Gasteiger partial charge in [0.05, 0.1) is 12.5 Å². The fourth-order valence-corrected chi connectivity index (χ4v) is 2.06. The van der Waals surface area contributed by atoms with Crippen LogP contribution in [0.15, 0.2) is 24.3 Å². The fourth-order valence-electron chi connectivity index (χ4n) is 2.06. The third kappa shape index (κ3) is 4.74. The number of methoxy groups -OCH3 is 1. The van der Waals surface area contributed by atoms with Crippen LogP contribution in [0, 0.1) is 0 Å². The topological polar surface area (TPSA) is 12.5 Å². The highest BCUT2D eigenvalue weighted by Crippen LogP contribution is 2.32. The Balaban J connectivity index is 2.96. The lowest BCUT2D eigenvalue weighted by molar-refractivity contribution is -0.158. The van der Waals surface area contributed by atoms with Crippen molar-refractivity contribution in [2.75, 3.05) is 25.1 Å². The summed E-state index contributed by atoms with van der Waals surface area (Å²) in [6, 6.07) is 7.11. The lowest BCUT2D eigenvalue weighted by atomic mass is 10.0. The van der Waals surface area contributed by atoms with E-state index < -0.39 is 18.7 Å². The maximum absolute atomic E-state index is 12.5. The largest absolute Gasteiger partial charge is 0.391 e. The van der Waals surface area contributed by atoms with Gasteiger partial charge in [-0.25, -0.2) is 0 Å². The summed E-state index contributed by atoms with van der Waals surface area (Å²) in [5, 5.41) is 0. The molecule has 0 amide bonds. The Kier molecular flexibility index (Phi) is 5.66. The van der Waals surface area contributed by atoms with Crippen LogP contribution in [0.1, 0.15) is 31.9 Å². The second-order valence-corrected chi connectivity index (χ2v) is 4.31. The average molecular weight is 275 g/mol. The maximum atomic E-state index is 12.5. The molecule has 1 rings (SSSR count). The van der Waals surface area contributed by atoms with Gasteiger partial charge in [0.25, 0.3) is 0 Å². The first-order chi connectivity index (χ1) is 8.91. The van der Waals surface area contributed by atoms with Gasteiger partial charge in [0.2, 0.25) is 0 Å². The molecule has 1 aromatic rings. The molecule has 19 heavy (non-hydrogen) atoms. The number of ether oxygens (including phenoxy) is 1. The molecule has 0 heterocycles. The smallest absolute Gasteiger partial charge is 0.376 e. The summed E-state index contributed by atoms with van der Waals surface area (Å²) in [7, 11) is 1.31. The molecule has 0 aliphatic rings. The Bertz CT molecular complexity index is 389. The molecular weight excluding hydrogens is 255 g/mol. The molecule has 0 aliphatic heterocycles. The summed E-state index contributed by atoms with van der Waals surface area (Å²) in [4.78, 5) is 2.09. The van der Waals surface area contributed by atoms with Crippen LogP contribution < -0.4 is 4.90 Å². The molecule has 2 nitrogen and oxygen atoms in total. The van der Waals surface area contributed by atoms with Crippen LogP contribution in [0.4, 0.5) is 18.9 Å². The molecule has 0 bridgehead atoms. The number of hydrogen-bond acceptors (Lipinski definition) is 2. The summed E-state index contributed by atoms with van der Waals surface area (Å²) < 4.78 is 42.4. The second kappa shape index (κ2) is 6.80. The van der Waals surface area contributed by atoms with Crippen LogP contribution >= 0.6 is 0 Å². The highest BCUT2D eigenvalue weighted by Gasteiger charge is 2.32. The fraction of sp³-hybridized carbons (Fsp3) is 0.571. The van der Waals surface area contributed by atoms with Gasteiger partial charge in [-0.05, 0) is 31.5 Å². The molecule has 5 heteroatoms. The number of nitrogens with zero attached hydrogens (tertiary/aromatic N) is 1. The van der Waals surface area contributed by atoms with Crippen LogP contribution in [0.5, 0.6) is 0 Å². The van der Waals surface area contributed by atoms with Crippen molar-refractivity contribution in [3.8, 4) is 0 Å². The van der Waals surface area contributed by atoms with Crippen molar-refractivity contribution in [1.29, 1.82) is 0 Å². The van der Waals surface area contributed by atoms with Crippen LogP contribution in [-0.4, -0.2) is 26.4 Å².